The smallest absolute Gasteiger partial charge is 0.273 e. The van der Waals surface area contributed by atoms with Gasteiger partial charge >= 0.3 is 0 Å². The molecule has 2 amide bonds. The Bertz CT molecular complexity index is 905. The van der Waals surface area contributed by atoms with Crippen LogP contribution in [0.3, 0.4) is 0 Å². The number of carbonyl (C=O) groups excluding carboxylic acids is 2. The second-order valence-corrected chi connectivity index (χ2v) is 5.87. The Hall–Kier alpha value is -2.63. The van der Waals surface area contributed by atoms with Crippen LogP contribution in [0.4, 0.5) is 0 Å². The highest BCUT2D eigenvalue weighted by molar-refractivity contribution is 5.92. The molecule has 1 N–H and O–H groups in total. The quantitative estimate of drug-likeness (QED) is 0.911. The van der Waals surface area contributed by atoms with E-state index >= 15 is 0 Å². The van der Waals surface area contributed by atoms with Gasteiger partial charge in [-0.25, -0.2) is 4.98 Å². The van der Waals surface area contributed by atoms with E-state index in [-0.39, 0.29) is 47.5 Å². The van der Waals surface area contributed by atoms with Crippen LogP contribution in [0.5, 0.6) is 0 Å². The van der Waals surface area contributed by atoms with E-state index in [4.69, 9.17) is 9.90 Å². The molecule has 6 heteroatoms. The van der Waals surface area contributed by atoms with Crippen molar-refractivity contribution in [2.45, 2.75) is 44.7 Å². The van der Waals surface area contributed by atoms with Crippen molar-refractivity contribution in [1.82, 2.24) is 15.2 Å². The highest BCUT2D eigenvalue weighted by Gasteiger charge is 2.26. The van der Waals surface area contributed by atoms with Gasteiger partial charge in [0.05, 0.1) is 5.48 Å². The van der Waals surface area contributed by atoms with Crippen LogP contribution < -0.4 is 5.32 Å². The van der Waals surface area contributed by atoms with Gasteiger partial charge in [-0.3, -0.25) is 9.59 Å². The fraction of sp³-hybridized carbons (Fsp3) is 0.389. The number of hydrogen-bond donors (Lipinski definition) is 1. The summed E-state index contributed by atoms with van der Waals surface area (Å²) in [5, 5.41) is 2.79. The van der Waals surface area contributed by atoms with Gasteiger partial charge in [0.1, 0.15) is 6.26 Å². The van der Waals surface area contributed by atoms with Crippen molar-refractivity contribution >= 4 is 11.8 Å². The SMILES string of the molecule is [2H]C1([2H])c2ccccc2C([2H])([2H])N1C(=O)CCc1nc(C(=O)NC2CC2)co1. The molecule has 1 saturated carbocycles. The molecule has 6 nitrogen and oxygen atoms in total. The first kappa shape index (κ1) is 11.0. The van der Waals surface area contributed by atoms with E-state index in [2.05, 4.69) is 10.3 Å². The number of rotatable bonds is 5. The summed E-state index contributed by atoms with van der Waals surface area (Å²) in [6.07, 6.45) is 2.97. The Labute approximate surface area is 145 Å². The lowest BCUT2D eigenvalue weighted by Gasteiger charge is -2.14. The van der Waals surface area contributed by atoms with Gasteiger partial charge < -0.3 is 14.6 Å². The summed E-state index contributed by atoms with van der Waals surface area (Å²) in [4.78, 5) is 29.4. The van der Waals surface area contributed by atoms with Crippen molar-refractivity contribution in [2.24, 2.45) is 0 Å². The molecule has 124 valence electrons. The first-order valence-corrected chi connectivity index (χ1v) is 7.89. The first-order chi connectivity index (χ1) is 13.2. The lowest BCUT2D eigenvalue weighted by atomic mass is 10.1. The molecule has 24 heavy (non-hydrogen) atoms. The van der Waals surface area contributed by atoms with E-state index in [1.54, 1.807) is 12.1 Å². The van der Waals surface area contributed by atoms with Crippen LogP contribution in [0, 0.1) is 0 Å². The summed E-state index contributed by atoms with van der Waals surface area (Å²) in [5.41, 5.74) is 0.417. The Kier molecular flexibility index (Phi) is 2.80. The fourth-order valence-corrected chi connectivity index (χ4v) is 2.41. The molecule has 0 bridgehead atoms. The third kappa shape index (κ3) is 3.18. The van der Waals surface area contributed by atoms with E-state index in [9.17, 15) is 9.59 Å². The Balaban J connectivity index is 1.45. The molecule has 2 aliphatic rings. The number of fused-ring (bicyclic) bond motifs is 1. The standard InChI is InChI=1S/C18H19N3O3/c22-17(21-9-12-3-1-2-4-13(12)10-21)8-7-16-20-15(11-24-16)18(23)19-14-5-6-14/h1-4,11,14H,5-10H2,(H,19,23)/i9D2,10D2. The molecular weight excluding hydrogens is 306 g/mol. The summed E-state index contributed by atoms with van der Waals surface area (Å²) in [7, 11) is 0. The maximum Gasteiger partial charge on any atom is 0.273 e. The summed E-state index contributed by atoms with van der Waals surface area (Å²) in [5.74, 6) is -0.855. The molecule has 0 saturated heterocycles. The monoisotopic (exact) mass is 329 g/mol. The van der Waals surface area contributed by atoms with E-state index in [1.165, 1.54) is 18.4 Å². The minimum absolute atomic E-state index is 0.0363. The Morgan fingerprint density at radius 3 is 2.67 bits per heavy atom. The minimum Gasteiger partial charge on any atom is -0.448 e. The fourth-order valence-electron chi connectivity index (χ4n) is 2.41. The van der Waals surface area contributed by atoms with Gasteiger partial charge in [0.2, 0.25) is 5.91 Å². The van der Waals surface area contributed by atoms with Gasteiger partial charge in [-0.1, -0.05) is 24.3 Å². The normalized spacial score (nSPS) is 22.8. The maximum absolute atomic E-state index is 12.7. The summed E-state index contributed by atoms with van der Waals surface area (Å²) < 4.78 is 38.3. The van der Waals surface area contributed by atoms with Gasteiger partial charge in [0, 0.05) is 31.9 Å². The van der Waals surface area contributed by atoms with Crippen LogP contribution in [0.25, 0.3) is 0 Å². The van der Waals surface area contributed by atoms with Gasteiger partial charge in [-0.15, -0.1) is 0 Å². The molecule has 1 aliphatic heterocycles. The van der Waals surface area contributed by atoms with Crippen molar-refractivity contribution in [3.8, 4) is 0 Å². The number of aryl methyl sites for hydroxylation is 1. The third-order valence-corrected chi connectivity index (χ3v) is 3.89. The van der Waals surface area contributed by atoms with Gasteiger partial charge in [-0.05, 0) is 24.0 Å². The molecule has 1 aromatic carbocycles. The second-order valence-electron chi connectivity index (χ2n) is 5.87. The predicted molar refractivity (Wildman–Crippen MR) is 86.0 cm³/mol. The number of benzene rings is 1. The van der Waals surface area contributed by atoms with Crippen LogP contribution in [0.1, 0.15) is 52.3 Å². The van der Waals surface area contributed by atoms with Crippen LogP contribution in [0.15, 0.2) is 34.9 Å². The number of nitrogens with one attached hydrogen (secondary N) is 1. The number of nitrogens with zero attached hydrogens (tertiary/aromatic N) is 2. The molecule has 1 aromatic heterocycles. The van der Waals surface area contributed by atoms with Crippen molar-refractivity contribution in [3.05, 3.63) is 53.2 Å². The molecule has 0 spiro atoms. The Morgan fingerprint density at radius 2 is 2.00 bits per heavy atom. The van der Waals surface area contributed by atoms with Crippen molar-refractivity contribution in [1.29, 1.82) is 0 Å². The summed E-state index contributed by atoms with van der Waals surface area (Å²) in [6.45, 7) is -4.52. The van der Waals surface area contributed by atoms with Gasteiger partial charge in [-0.2, -0.15) is 0 Å². The van der Waals surface area contributed by atoms with E-state index in [0.29, 0.717) is 4.90 Å². The molecule has 1 fully saturated rings. The average molecular weight is 329 g/mol. The zero-order valence-electron chi connectivity index (χ0n) is 16.9. The predicted octanol–water partition coefficient (Wildman–Crippen LogP) is 2.04. The molecule has 0 atom stereocenters. The zero-order chi connectivity index (χ0) is 20.1. The summed E-state index contributed by atoms with van der Waals surface area (Å²) in [6, 6.07) is 6.39. The Morgan fingerprint density at radius 1 is 1.29 bits per heavy atom. The van der Waals surface area contributed by atoms with E-state index in [0.717, 1.165) is 12.8 Å². The van der Waals surface area contributed by atoms with Crippen molar-refractivity contribution in [2.75, 3.05) is 0 Å². The highest BCUT2D eigenvalue weighted by Crippen LogP contribution is 2.23. The van der Waals surface area contributed by atoms with Crippen LogP contribution in [-0.2, 0) is 24.2 Å². The number of oxazole rings is 1. The van der Waals surface area contributed by atoms with Crippen molar-refractivity contribution < 1.29 is 19.5 Å². The van der Waals surface area contributed by atoms with E-state index < -0.39 is 18.9 Å². The number of amides is 2. The lowest BCUT2D eigenvalue weighted by molar-refractivity contribution is -0.131. The molecule has 0 unspecified atom stereocenters. The van der Waals surface area contributed by atoms with Gasteiger partial charge in [0.15, 0.2) is 11.6 Å². The van der Waals surface area contributed by atoms with Gasteiger partial charge in [0.25, 0.3) is 5.91 Å². The number of aromatic nitrogens is 1. The topological polar surface area (TPSA) is 75.4 Å². The van der Waals surface area contributed by atoms with E-state index in [1.807, 2.05) is 0 Å². The van der Waals surface area contributed by atoms with Crippen molar-refractivity contribution in [3.63, 3.8) is 0 Å². The molecule has 2 aromatic rings. The molecule has 4 rings (SSSR count). The maximum atomic E-state index is 12.7. The lowest BCUT2D eigenvalue weighted by Crippen LogP contribution is -2.26. The molecule has 2 heterocycles. The van der Waals surface area contributed by atoms with Crippen LogP contribution >= 0.6 is 0 Å². The summed E-state index contributed by atoms with van der Waals surface area (Å²) >= 11 is 0. The van der Waals surface area contributed by atoms with Crippen LogP contribution in [-0.4, -0.2) is 27.7 Å². The highest BCUT2D eigenvalue weighted by atomic mass is 16.3. The zero-order valence-corrected chi connectivity index (χ0v) is 12.9. The molecule has 0 radical (unpaired) electrons. The minimum atomic E-state index is -2.26. The van der Waals surface area contributed by atoms with Crippen LogP contribution in [0.2, 0.25) is 0 Å². The largest absolute Gasteiger partial charge is 0.448 e. The second kappa shape index (κ2) is 6.11. The molecule has 1 aliphatic carbocycles. The average Bonchev–Trinajstić information content (AvgIpc) is 3.28. The molecular formula is C18H19N3O3. The number of hydrogen-bond acceptors (Lipinski definition) is 4. The number of carbonyl (C=O) groups is 2. The first-order valence-electron chi connectivity index (χ1n) is 9.89. The third-order valence-electron chi connectivity index (χ3n) is 3.89.